The van der Waals surface area contributed by atoms with Crippen molar-refractivity contribution in [2.45, 2.75) is 50.0 Å². The average molecular weight is 517 g/mol. The molecular formula is C21H32N4O7S2. The Labute approximate surface area is 207 Å². The Bertz CT molecular complexity index is 839. The molecule has 0 radical (unpaired) electrons. The maximum Gasteiger partial charge on any atom is 0.326 e. The van der Waals surface area contributed by atoms with E-state index in [2.05, 4.69) is 28.6 Å². The molecule has 0 aliphatic heterocycles. The number of benzene rings is 1. The molecule has 0 bridgehead atoms. The number of carboxylic acid groups (broad SMARTS) is 1. The number of carbonyl (C=O) groups is 4. The number of carboxylic acids is 1. The van der Waals surface area contributed by atoms with Gasteiger partial charge in [-0.1, -0.05) is 12.1 Å². The largest absolute Gasteiger partial charge is 0.508 e. The van der Waals surface area contributed by atoms with Crippen LogP contribution in [0.15, 0.2) is 24.3 Å². The van der Waals surface area contributed by atoms with E-state index in [9.17, 15) is 34.5 Å². The van der Waals surface area contributed by atoms with Gasteiger partial charge in [-0.25, -0.2) is 4.79 Å². The number of aliphatic hydroxyl groups is 1. The van der Waals surface area contributed by atoms with Crippen LogP contribution in [-0.4, -0.2) is 87.0 Å². The highest BCUT2D eigenvalue weighted by Gasteiger charge is 2.32. The Kier molecular flexibility index (Phi) is 12.8. The van der Waals surface area contributed by atoms with Crippen LogP contribution in [0.25, 0.3) is 0 Å². The van der Waals surface area contributed by atoms with Crippen molar-refractivity contribution < 1.29 is 34.5 Å². The average Bonchev–Trinajstić information content (AvgIpc) is 2.78. The number of nitrogens with two attached hydrogens (primary N) is 1. The number of aliphatic carboxylic acids is 1. The first-order valence-electron chi connectivity index (χ1n) is 10.4. The Morgan fingerprint density at radius 3 is 2.12 bits per heavy atom. The number of thioether (sulfide) groups is 1. The highest BCUT2D eigenvalue weighted by molar-refractivity contribution is 7.98. The summed E-state index contributed by atoms with van der Waals surface area (Å²) in [5, 5.41) is 35.7. The molecule has 3 amide bonds. The number of phenols is 1. The molecule has 0 heterocycles. The van der Waals surface area contributed by atoms with Gasteiger partial charge in [0, 0.05) is 5.75 Å². The van der Waals surface area contributed by atoms with E-state index in [0.29, 0.717) is 11.3 Å². The van der Waals surface area contributed by atoms with Gasteiger partial charge in [0.1, 0.15) is 23.9 Å². The molecule has 1 rings (SSSR count). The zero-order valence-corrected chi connectivity index (χ0v) is 20.6. The molecule has 0 spiro atoms. The van der Waals surface area contributed by atoms with Crippen LogP contribution >= 0.6 is 24.4 Å². The molecule has 0 aromatic heterocycles. The van der Waals surface area contributed by atoms with E-state index in [-0.39, 0.29) is 24.3 Å². The van der Waals surface area contributed by atoms with Crippen molar-refractivity contribution in [2.24, 2.45) is 5.73 Å². The van der Waals surface area contributed by atoms with E-state index in [1.54, 1.807) is 18.4 Å². The van der Waals surface area contributed by atoms with Crippen LogP contribution in [-0.2, 0) is 25.6 Å². The van der Waals surface area contributed by atoms with Gasteiger partial charge < -0.3 is 37.0 Å². The van der Waals surface area contributed by atoms with E-state index < -0.39 is 54.0 Å². The van der Waals surface area contributed by atoms with Gasteiger partial charge in [0.15, 0.2) is 0 Å². The lowest BCUT2D eigenvalue weighted by Crippen LogP contribution is -2.60. The molecule has 0 fully saturated rings. The molecule has 5 unspecified atom stereocenters. The number of nitrogens with one attached hydrogen (secondary N) is 3. The van der Waals surface area contributed by atoms with E-state index in [0.717, 1.165) is 0 Å². The van der Waals surface area contributed by atoms with Gasteiger partial charge in [0.25, 0.3) is 0 Å². The number of rotatable bonds is 14. The molecule has 1 aromatic carbocycles. The first-order valence-corrected chi connectivity index (χ1v) is 12.5. The summed E-state index contributed by atoms with van der Waals surface area (Å²) in [7, 11) is 0. The quantitative estimate of drug-likeness (QED) is 0.141. The lowest BCUT2D eigenvalue weighted by Gasteiger charge is -2.26. The van der Waals surface area contributed by atoms with Crippen LogP contribution in [0.1, 0.15) is 18.9 Å². The number of thiol groups is 1. The molecule has 1 aromatic rings. The second-order valence-electron chi connectivity index (χ2n) is 7.63. The Morgan fingerprint density at radius 1 is 1.03 bits per heavy atom. The summed E-state index contributed by atoms with van der Waals surface area (Å²) >= 11 is 5.48. The summed E-state index contributed by atoms with van der Waals surface area (Å²) < 4.78 is 0. The van der Waals surface area contributed by atoms with Crippen molar-refractivity contribution in [2.75, 3.05) is 17.8 Å². The standard InChI is InChI=1S/C21H32N4O7S2/c1-11(26)17(20(30)23-15(21(31)32)7-8-34-2)25-19(29)16(10-33)24-18(28)14(22)9-12-3-5-13(27)6-4-12/h3-6,11,14-17,26-27,33H,7-10,22H2,1-2H3,(H,23,30)(H,24,28)(H,25,29)(H,31,32). The fourth-order valence-electron chi connectivity index (χ4n) is 2.87. The van der Waals surface area contributed by atoms with E-state index in [1.807, 2.05) is 0 Å². The molecule has 8 N–H and O–H groups in total. The van der Waals surface area contributed by atoms with Gasteiger partial charge in [-0.2, -0.15) is 24.4 Å². The molecular weight excluding hydrogens is 484 g/mol. The highest BCUT2D eigenvalue weighted by Crippen LogP contribution is 2.11. The van der Waals surface area contributed by atoms with Gasteiger partial charge in [-0.3, -0.25) is 14.4 Å². The zero-order chi connectivity index (χ0) is 25.8. The minimum Gasteiger partial charge on any atom is -0.508 e. The summed E-state index contributed by atoms with van der Waals surface area (Å²) in [6, 6.07) is 1.35. The summed E-state index contributed by atoms with van der Waals surface area (Å²) in [5.74, 6) is -3.10. The van der Waals surface area contributed by atoms with E-state index >= 15 is 0 Å². The van der Waals surface area contributed by atoms with Crippen LogP contribution in [0.3, 0.4) is 0 Å². The SMILES string of the molecule is CSCCC(NC(=O)C(NC(=O)C(CS)NC(=O)C(N)Cc1ccc(O)cc1)C(C)O)C(=O)O. The van der Waals surface area contributed by atoms with Crippen LogP contribution in [0.5, 0.6) is 5.75 Å². The first-order chi connectivity index (χ1) is 16.0. The molecule has 0 aliphatic rings. The maximum atomic E-state index is 12.7. The Hall–Kier alpha value is -2.48. The third-order valence-electron chi connectivity index (χ3n) is 4.83. The van der Waals surface area contributed by atoms with Crippen LogP contribution in [0, 0.1) is 0 Å². The second kappa shape index (κ2) is 14.7. The van der Waals surface area contributed by atoms with Gasteiger partial charge >= 0.3 is 5.97 Å². The second-order valence-corrected chi connectivity index (χ2v) is 8.98. The summed E-state index contributed by atoms with van der Waals surface area (Å²) in [4.78, 5) is 49.1. The number of carbonyl (C=O) groups excluding carboxylic acids is 3. The molecule has 13 heteroatoms. The number of hydrogen-bond donors (Lipinski definition) is 8. The third-order valence-corrected chi connectivity index (χ3v) is 5.84. The van der Waals surface area contributed by atoms with Crippen molar-refractivity contribution >= 4 is 48.1 Å². The lowest BCUT2D eigenvalue weighted by molar-refractivity contribution is -0.143. The zero-order valence-electron chi connectivity index (χ0n) is 18.9. The maximum absolute atomic E-state index is 12.7. The highest BCUT2D eigenvalue weighted by atomic mass is 32.2. The van der Waals surface area contributed by atoms with Crippen LogP contribution in [0.2, 0.25) is 0 Å². The summed E-state index contributed by atoms with van der Waals surface area (Å²) in [6.07, 6.45) is 0.768. The first kappa shape index (κ1) is 29.6. The minimum atomic E-state index is -1.45. The molecule has 0 saturated heterocycles. The predicted molar refractivity (Wildman–Crippen MR) is 132 cm³/mol. The monoisotopic (exact) mass is 516 g/mol. The van der Waals surface area contributed by atoms with Crippen molar-refractivity contribution in [1.82, 2.24) is 16.0 Å². The molecule has 34 heavy (non-hydrogen) atoms. The number of aliphatic hydroxyl groups excluding tert-OH is 1. The number of hydrogen-bond acceptors (Lipinski definition) is 9. The van der Waals surface area contributed by atoms with Crippen molar-refractivity contribution in [3.63, 3.8) is 0 Å². The van der Waals surface area contributed by atoms with E-state index in [4.69, 9.17) is 5.73 Å². The van der Waals surface area contributed by atoms with Crippen molar-refractivity contribution in [1.29, 1.82) is 0 Å². The molecule has 0 saturated carbocycles. The van der Waals surface area contributed by atoms with Crippen LogP contribution in [0.4, 0.5) is 0 Å². The van der Waals surface area contributed by atoms with Crippen LogP contribution < -0.4 is 21.7 Å². The molecule has 190 valence electrons. The minimum absolute atomic E-state index is 0.0733. The van der Waals surface area contributed by atoms with Gasteiger partial charge in [0.2, 0.25) is 17.7 Å². The molecule has 5 atom stereocenters. The van der Waals surface area contributed by atoms with E-state index in [1.165, 1.54) is 30.8 Å². The Balaban J connectivity index is 2.78. The fourth-order valence-corrected chi connectivity index (χ4v) is 3.59. The predicted octanol–water partition coefficient (Wildman–Crippen LogP) is -1.14. The molecule has 11 nitrogen and oxygen atoms in total. The summed E-state index contributed by atoms with van der Waals surface area (Å²) in [6.45, 7) is 1.27. The lowest BCUT2D eigenvalue weighted by atomic mass is 10.1. The Morgan fingerprint density at radius 2 is 1.62 bits per heavy atom. The summed E-state index contributed by atoms with van der Waals surface area (Å²) in [5.41, 5.74) is 6.62. The molecule has 0 aliphatic carbocycles. The van der Waals surface area contributed by atoms with Gasteiger partial charge in [-0.15, -0.1) is 0 Å². The number of aromatic hydroxyl groups is 1. The fraction of sp³-hybridized carbons (Fsp3) is 0.524. The topological polar surface area (TPSA) is 191 Å². The number of phenolic OH excluding ortho intramolecular Hbond substituents is 1. The van der Waals surface area contributed by atoms with Gasteiger partial charge in [0.05, 0.1) is 12.1 Å². The van der Waals surface area contributed by atoms with Crippen molar-refractivity contribution in [3.8, 4) is 5.75 Å². The normalized spacial score (nSPS) is 15.3. The smallest absolute Gasteiger partial charge is 0.326 e. The third kappa shape index (κ3) is 9.79. The number of amides is 3. The van der Waals surface area contributed by atoms with Crippen molar-refractivity contribution in [3.05, 3.63) is 29.8 Å². The van der Waals surface area contributed by atoms with Gasteiger partial charge in [-0.05, 0) is 49.5 Å².